The number of aromatic nitrogens is 2. The van der Waals surface area contributed by atoms with Gasteiger partial charge in [0.1, 0.15) is 6.20 Å². The number of hydrogen-bond donors (Lipinski definition) is 0. The van der Waals surface area contributed by atoms with E-state index in [1.165, 1.54) is 5.56 Å². The van der Waals surface area contributed by atoms with Crippen molar-refractivity contribution in [2.75, 3.05) is 0 Å². The van der Waals surface area contributed by atoms with Crippen LogP contribution in [0.25, 0.3) is 16.9 Å². The normalized spacial score (nSPS) is 10.6. The van der Waals surface area contributed by atoms with Crippen LogP contribution in [0, 0.1) is 6.92 Å². The zero-order valence-corrected chi connectivity index (χ0v) is 9.67. The van der Waals surface area contributed by atoms with Gasteiger partial charge in [-0.05, 0) is 18.0 Å². The van der Waals surface area contributed by atoms with Crippen LogP contribution in [0.3, 0.4) is 0 Å². The van der Waals surface area contributed by atoms with E-state index in [9.17, 15) is 0 Å². The maximum absolute atomic E-state index is 4.64. The van der Waals surface area contributed by atoms with Crippen LogP contribution < -0.4 is 4.40 Å². The molecule has 2 nitrogen and oxygen atoms in total. The lowest BCUT2D eigenvalue weighted by molar-refractivity contribution is -0.514. The van der Waals surface area contributed by atoms with Crippen LogP contribution in [0.2, 0.25) is 0 Å². The standard InChI is InChI=1S/C15H13N2/c1-12-5-7-13(8-6-12)14-9-11-17-10-3-2-4-15(17)16-14/h2-11H,1H3/q+1. The van der Waals surface area contributed by atoms with Crippen LogP contribution in [0.5, 0.6) is 0 Å². The third-order valence-corrected chi connectivity index (χ3v) is 2.84. The quantitative estimate of drug-likeness (QED) is 0.577. The van der Waals surface area contributed by atoms with E-state index in [1.807, 2.05) is 41.1 Å². The highest BCUT2D eigenvalue weighted by Crippen LogP contribution is 2.16. The lowest BCUT2D eigenvalue weighted by Gasteiger charge is -1.97. The molecule has 0 aliphatic rings. The Morgan fingerprint density at radius 1 is 0.882 bits per heavy atom. The van der Waals surface area contributed by atoms with E-state index in [-0.39, 0.29) is 0 Å². The van der Waals surface area contributed by atoms with E-state index in [0.29, 0.717) is 0 Å². The lowest BCUT2D eigenvalue weighted by atomic mass is 10.1. The second kappa shape index (κ2) is 3.98. The maximum atomic E-state index is 4.64. The molecule has 3 aromatic rings. The summed E-state index contributed by atoms with van der Waals surface area (Å²) in [5, 5.41) is 0. The van der Waals surface area contributed by atoms with Crippen molar-refractivity contribution in [3.8, 4) is 11.3 Å². The van der Waals surface area contributed by atoms with Gasteiger partial charge in [0.25, 0.3) is 0 Å². The molecule has 0 amide bonds. The molecule has 2 aromatic heterocycles. The van der Waals surface area contributed by atoms with Crippen molar-refractivity contribution < 1.29 is 4.40 Å². The number of hydrogen-bond acceptors (Lipinski definition) is 1. The molecular weight excluding hydrogens is 208 g/mol. The number of rotatable bonds is 1. The molecule has 0 atom stereocenters. The Bertz CT molecular complexity index is 657. The molecule has 1 aromatic carbocycles. The summed E-state index contributed by atoms with van der Waals surface area (Å²) < 4.78 is 2.01. The van der Waals surface area contributed by atoms with Gasteiger partial charge in [-0.15, -0.1) is 0 Å². The van der Waals surface area contributed by atoms with E-state index in [1.54, 1.807) is 0 Å². The Balaban J connectivity index is 2.14. The Kier molecular flexibility index (Phi) is 2.33. The summed E-state index contributed by atoms with van der Waals surface area (Å²) in [6.45, 7) is 2.09. The van der Waals surface area contributed by atoms with Gasteiger partial charge < -0.3 is 0 Å². The highest BCUT2D eigenvalue weighted by Gasteiger charge is 2.08. The maximum Gasteiger partial charge on any atom is 0.328 e. The first-order valence-corrected chi connectivity index (χ1v) is 5.67. The minimum absolute atomic E-state index is 0.963. The first-order chi connectivity index (χ1) is 8.33. The Morgan fingerprint density at radius 2 is 1.71 bits per heavy atom. The largest absolute Gasteiger partial charge is 0.328 e. The van der Waals surface area contributed by atoms with E-state index >= 15 is 0 Å². The summed E-state index contributed by atoms with van der Waals surface area (Å²) in [7, 11) is 0. The summed E-state index contributed by atoms with van der Waals surface area (Å²) in [5.74, 6) is 0. The van der Waals surface area contributed by atoms with Crippen LogP contribution in [-0.4, -0.2) is 4.98 Å². The molecule has 2 heteroatoms. The first kappa shape index (κ1) is 9.97. The third kappa shape index (κ3) is 1.89. The monoisotopic (exact) mass is 221 g/mol. The van der Waals surface area contributed by atoms with Crippen LogP contribution in [0.4, 0.5) is 0 Å². The van der Waals surface area contributed by atoms with Crippen LogP contribution in [0.15, 0.2) is 60.9 Å². The fourth-order valence-corrected chi connectivity index (χ4v) is 1.86. The Labute approximate surface area is 100 Å². The Hall–Kier alpha value is -2.22. The van der Waals surface area contributed by atoms with Crippen molar-refractivity contribution in [2.24, 2.45) is 0 Å². The smallest absolute Gasteiger partial charge is 0.203 e. The molecule has 0 aliphatic carbocycles. The van der Waals surface area contributed by atoms with Gasteiger partial charge in [-0.3, -0.25) is 0 Å². The summed E-state index contributed by atoms with van der Waals surface area (Å²) in [5.41, 5.74) is 4.40. The summed E-state index contributed by atoms with van der Waals surface area (Å²) in [6, 6.07) is 16.5. The van der Waals surface area contributed by atoms with Crippen LogP contribution in [0.1, 0.15) is 5.56 Å². The molecule has 0 radical (unpaired) electrons. The molecule has 0 bridgehead atoms. The Morgan fingerprint density at radius 3 is 2.53 bits per heavy atom. The molecule has 0 spiro atoms. The number of aryl methyl sites for hydroxylation is 1. The second-order valence-electron chi connectivity index (χ2n) is 4.14. The molecule has 3 rings (SSSR count). The van der Waals surface area contributed by atoms with Gasteiger partial charge in [0.15, 0.2) is 5.69 Å². The van der Waals surface area contributed by atoms with Crippen molar-refractivity contribution in [1.29, 1.82) is 0 Å². The van der Waals surface area contributed by atoms with Gasteiger partial charge in [-0.25, -0.2) is 4.40 Å². The van der Waals surface area contributed by atoms with Gasteiger partial charge in [0, 0.05) is 17.7 Å². The van der Waals surface area contributed by atoms with Crippen molar-refractivity contribution in [3.05, 3.63) is 66.5 Å². The van der Waals surface area contributed by atoms with Gasteiger partial charge >= 0.3 is 5.65 Å². The minimum Gasteiger partial charge on any atom is -0.203 e. The van der Waals surface area contributed by atoms with Gasteiger partial charge in [-0.2, -0.15) is 0 Å². The fraction of sp³-hybridized carbons (Fsp3) is 0.0667. The SMILES string of the molecule is Cc1ccc(-c2cc[n+]3ccccc3n2)cc1. The van der Waals surface area contributed by atoms with Gasteiger partial charge in [0.2, 0.25) is 0 Å². The lowest BCUT2D eigenvalue weighted by Crippen LogP contribution is -2.21. The predicted octanol–water partition coefficient (Wildman–Crippen LogP) is 2.80. The zero-order valence-electron chi connectivity index (χ0n) is 9.67. The molecule has 82 valence electrons. The van der Waals surface area contributed by atoms with Crippen molar-refractivity contribution in [3.63, 3.8) is 0 Å². The van der Waals surface area contributed by atoms with Gasteiger partial charge in [0.05, 0.1) is 6.20 Å². The second-order valence-corrected chi connectivity index (χ2v) is 4.14. The van der Waals surface area contributed by atoms with E-state index in [0.717, 1.165) is 16.9 Å². The zero-order chi connectivity index (χ0) is 11.7. The minimum atomic E-state index is 0.963. The third-order valence-electron chi connectivity index (χ3n) is 2.84. The van der Waals surface area contributed by atoms with Crippen molar-refractivity contribution >= 4 is 5.65 Å². The molecule has 0 saturated carbocycles. The van der Waals surface area contributed by atoms with Crippen LogP contribution in [-0.2, 0) is 0 Å². The molecule has 2 heterocycles. The van der Waals surface area contributed by atoms with E-state index in [4.69, 9.17) is 0 Å². The predicted molar refractivity (Wildman–Crippen MR) is 67.6 cm³/mol. The number of benzene rings is 1. The highest BCUT2D eigenvalue weighted by molar-refractivity contribution is 5.60. The number of nitrogens with zero attached hydrogens (tertiary/aromatic N) is 2. The topological polar surface area (TPSA) is 17.0 Å². The molecule has 0 saturated heterocycles. The number of fused-ring (bicyclic) bond motifs is 1. The van der Waals surface area contributed by atoms with Crippen LogP contribution >= 0.6 is 0 Å². The molecule has 0 aliphatic heterocycles. The molecule has 0 unspecified atom stereocenters. The van der Waals surface area contributed by atoms with E-state index < -0.39 is 0 Å². The van der Waals surface area contributed by atoms with Crippen molar-refractivity contribution in [1.82, 2.24) is 4.98 Å². The summed E-state index contributed by atoms with van der Waals surface area (Å²) in [6.07, 6.45) is 4.04. The fourth-order valence-electron chi connectivity index (χ4n) is 1.86. The molecule has 0 N–H and O–H groups in total. The van der Waals surface area contributed by atoms with Gasteiger partial charge in [-0.1, -0.05) is 35.9 Å². The number of pyridine rings is 1. The summed E-state index contributed by atoms with van der Waals surface area (Å²) >= 11 is 0. The van der Waals surface area contributed by atoms with E-state index in [2.05, 4.69) is 36.2 Å². The highest BCUT2D eigenvalue weighted by atomic mass is 14.9. The molecule has 0 fully saturated rings. The summed E-state index contributed by atoms with van der Waals surface area (Å²) in [4.78, 5) is 4.64. The average molecular weight is 221 g/mol. The van der Waals surface area contributed by atoms with Crippen molar-refractivity contribution in [2.45, 2.75) is 6.92 Å². The molecular formula is C15H13N2+. The molecule has 17 heavy (non-hydrogen) atoms. The first-order valence-electron chi connectivity index (χ1n) is 5.67. The average Bonchev–Trinajstić information content (AvgIpc) is 2.39.